The van der Waals surface area contributed by atoms with E-state index in [1.807, 2.05) is 0 Å². The summed E-state index contributed by atoms with van der Waals surface area (Å²) in [7, 11) is 0. The molecule has 32 heavy (non-hydrogen) atoms. The Labute approximate surface area is 193 Å². The van der Waals surface area contributed by atoms with Crippen LogP contribution in [-0.2, 0) is 4.79 Å². The number of hydrogen-bond acceptors (Lipinski definition) is 4. The van der Waals surface area contributed by atoms with E-state index in [2.05, 4.69) is 26.8 Å². The molecule has 10 atom stereocenters. The van der Waals surface area contributed by atoms with Crippen LogP contribution in [0.15, 0.2) is 11.6 Å². The van der Waals surface area contributed by atoms with Crippen LogP contribution in [0.4, 0.5) is 0 Å². The minimum Gasteiger partial charge on any atom is -0.479 e. The molecule has 5 nitrogen and oxygen atoms in total. The number of carboxylic acids is 1. The molecule has 1 unspecified atom stereocenters. The number of carbonyl (C=O) groups is 1. The maximum absolute atomic E-state index is 11.3. The van der Waals surface area contributed by atoms with Gasteiger partial charge in [-0.2, -0.15) is 0 Å². The fraction of sp³-hybridized carbons (Fsp3) is 0.889. The van der Waals surface area contributed by atoms with Crippen molar-refractivity contribution in [1.29, 1.82) is 0 Å². The molecule has 0 heterocycles. The van der Waals surface area contributed by atoms with E-state index in [1.54, 1.807) is 0 Å². The van der Waals surface area contributed by atoms with Gasteiger partial charge in [0.05, 0.1) is 12.2 Å². The molecule has 4 aliphatic carbocycles. The highest BCUT2D eigenvalue weighted by molar-refractivity contribution is 5.76. The second kappa shape index (κ2) is 8.39. The summed E-state index contributed by atoms with van der Waals surface area (Å²) >= 11 is 0. The summed E-state index contributed by atoms with van der Waals surface area (Å²) in [5.41, 5.74) is -0.00956. The number of carboxylic acid groups (broad SMARTS) is 1. The molecule has 0 spiro atoms. The Hall–Kier alpha value is -0.910. The Kier molecular flexibility index (Phi) is 6.35. The molecule has 4 N–H and O–H groups in total. The van der Waals surface area contributed by atoms with E-state index in [1.165, 1.54) is 31.8 Å². The number of aliphatic carboxylic acids is 1. The standard InChI is InChI=1S/C27H44O5/c1-16(6-5-11-27(4,32)24(30)31)19-7-8-20-23-21(10-13-26(19,20)3)25(2)12-9-18(28)14-17(25)15-22(23)29/h15-16,18-23,28-29,32H,5-14H2,1-4H3,(H,30,31)/t16-,18+,19-,20+,21+,22+,23+,25+,26-,27?/m1/s1. The summed E-state index contributed by atoms with van der Waals surface area (Å²) in [6.07, 6.45) is 10.7. The molecular formula is C27H44O5. The Balaban J connectivity index is 1.48. The van der Waals surface area contributed by atoms with Crippen LogP contribution in [0.25, 0.3) is 0 Å². The van der Waals surface area contributed by atoms with Crippen LogP contribution in [0, 0.1) is 40.4 Å². The monoisotopic (exact) mass is 448 g/mol. The first-order chi connectivity index (χ1) is 14.9. The molecule has 0 aliphatic heterocycles. The van der Waals surface area contributed by atoms with Crippen molar-refractivity contribution >= 4 is 5.97 Å². The van der Waals surface area contributed by atoms with Crippen molar-refractivity contribution in [1.82, 2.24) is 0 Å². The van der Waals surface area contributed by atoms with Crippen LogP contribution in [-0.4, -0.2) is 44.2 Å². The average Bonchev–Trinajstić information content (AvgIpc) is 3.06. The number of rotatable bonds is 6. The molecule has 3 fully saturated rings. The Morgan fingerprint density at radius 2 is 1.88 bits per heavy atom. The van der Waals surface area contributed by atoms with E-state index in [0.717, 1.165) is 38.5 Å². The Morgan fingerprint density at radius 1 is 1.16 bits per heavy atom. The van der Waals surface area contributed by atoms with Gasteiger partial charge in [0.15, 0.2) is 5.60 Å². The Bertz CT molecular complexity index is 759. The SMILES string of the molecule is C[C@H](CCCC(C)(O)C(=O)O)[C@H]1CC[C@H]2[C@@H]3[C@@H](O)C=C4C[C@@H](O)CC[C@]4(C)[C@H]3CC[C@]12C. The van der Waals surface area contributed by atoms with Gasteiger partial charge < -0.3 is 20.4 Å². The van der Waals surface area contributed by atoms with Gasteiger partial charge in [0.2, 0.25) is 0 Å². The molecule has 0 aromatic heterocycles. The highest BCUT2D eigenvalue weighted by Gasteiger charge is 2.61. The summed E-state index contributed by atoms with van der Waals surface area (Å²) < 4.78 is 0. The summed E-state index contributed by atoms with van der Waals surface area (Å²) in [6, 6.07) is 0. The molecule has 0 aromatic carbocycles. The smallest absolute Gasteiger partial charge is 0.335 e. The highest BCUT2D eigenvalue weighted by Crippen LogP contribution is 2.67. The summed E-state index contributed by atoms with van der Waals surface area (Å²) in [5, 5.41) is 40.7. The maximum Gasteiger partial charge on any atom is 0.335 e. The zero-order valence-corrected chi connectivity index (χ0v) is 20.4. The molecule has 4 rings (SSSR count). The van der Waals surface area contributed by atoms with Gasteiger partial charge in [0, 0.05) is 0 Å². The van der Waals surface area contributed by atoms with Crippen molar-refractivity contribution in [2.45, 2.75) is 110 Å². The van der Waals surface area contributed by atoms with Crippen LogP contribution in [0.2, 0.25) is 0 Å². The first-order valence-corrected chi connectivity index (χ1v) is 12.9. The van der Waals surface area contributed by atoms with E-state index >= 15 is 0 Å². The first kappa shape index (κ1) is 24.2. The summed E-state index contributed by atoms with van der Waals surface area (Å²) in [4.78, 5) is 11.2. The first-order valence-electron chi connectivity index (χ1n) is 12.9. The van der Waals surface area contributed by atoms with E-state index in [-0.39, 0.29) is 16.9 Å². The number of aliphatic hydroxyl groups is 3. The predicted octanol–water partition coefficient (Wildman–Crippen LogP) is 4.54. The lowest BCUT2D eigenvalue weighted by Crippen LogP contribution is -2.54. The molecule has 5 heteroatoms. The molecule has 0 amide bonds. The second-order valence-electron chi connectivity index (χ2n) is 12.5. The van der Waals surface area contributed by atoms with E-state index in [9.17, 15) is 25.2 Å². The summed E-state index contributed by atoms with van der Waals surface area (Å²) in [6.45, 7) is 8.54. The van der Waals surface area contributed by atoms with Crippen molar-refractivity contribution in [3.05, 3.63) is 11.6 Å². The molecule has 0 radical (unpaired) electrons. The van der Waals surface area contributed by atoms with Crippen molar-refractivity contribution in [2.24, 2.45) is 40.4 Å². The van der Waals surface area contributed by atoms with Gasteiger partial charge in [0.1, 0.15) is 0 Å². The molecule has 0 saturated heterocycles. The minimum absolute atomic E-state index is 0.122. The highest BCUT2D eigenvalue weighted by atomic mass is 16.4. The summed E-state index contributed by atoms with van der Waals surface area (Å²) in [5.74, 6) is 1.26. The number of aliphatic hydroxyl groups excluding tert-OH is 2. The van der Waals surface area contributed by atoms with Crippen molar-refractivity contribution in [3.63, 3.8) is 0 Å². The Morgan fingerprint density at radius 3 is 2.56 bits per heavy atom. The molecule has 3 saturated carbocycles. The van der Waals surface area contributed by atoms with Crippen LogP contribution in [0.1, 0.15) is 91.9 Å². The van der Waals surface area contributed by atoms with Gasteiger partial charge in [-0.25, -0.2) is 4.79 Å². The van der Waals surface area contributed by atoms with Gasteiger partial charge in [-0.1, -0.05) is 38.8 Å². The van der Waals surface area contributed by atoms with Crippen molar-refractivity contribution < 1.29 is 25.2 Å². The van der Waals surface area contributed by atoms with E-state index in [0.29, 0.717) is 36.0 Å². The van der Waals surface area contributed by atoms with Crippen LogP contribution < -0.4 is 0 Å². The van der Waals surface area contributed by atoms with Crippen molar-refractivity contribution in [2.75, 3.05) is 0 Å². The molecule has 182 valence electrons. The van der Waals surface area contributed by atoms with Gasteiger partial charge in [-0.15, -0.1) is 0 Å². The lowest BCUT2D eigenvalue weighted by molar-refractivity contribution is -0.157. The fourth-order valence-electron chi connectivity index (χ4n) is 8.68. The van der Waals surface area contributed by atoms with Crippen LogP contribution in [0.5, 0.6) is 0 Å². The van der Waals surface area contributed by atoms with Crippen molar-refractivity contribution in [3.8, 4) is 0 Å². The van der Waals surface area contributed by atoms with Crippen LogP contribution in [0.3, 0.4) is 0 Å². The lowest BCUT2D eigenvalue weighted by atomic mass is 9.46. The number of fused-ring (bicyclic) bond motifs is 5. The van der Waals surface area contributed by atoms with Gasteiger partial charge in [-0.3, -0.25) is 0 Å². The fourth-order valence-corrected chi connectivity index (χ4v) is 8.68. The quantitative estimate of drug-likeness (QED) is 0.447. The minimum atomic E-state index is -1.64. The molecular weight excluding hydrogens is 404 g/mol. The van der Waals surface area contributed by atoms with E-state index < -0.39 is 17.7 Å². The largest absolute Gasteiger partial charge is 0.479 e. The van der Waals surface area contributed by atoms with Gasteiger partial charge in [0.25, 0.3) is 0 Å². The molecule has 4 aliphatic rings. The zero-order valence-electron chi connectivity index (χ0n) is 20.4. The lowest BCUT2D eigenvalue weighted by Gasteiger charge is -2.59. The van der Waals surface area contributed by atoms with Crippen LogP contribution >= 0.6 is 0 Å². The normalized spacial score (nSPS) is 46.3. The molecule has 0 bridgehead atoms. The molecule has 0 aromatic rings. The maximum atomic E-state index is 11.3. The average molecular weight is 449 g/mol. The van der Waals surface area contributed by atoms with Gasteiger partial charge in [-0.05, 0) is 105 Å². The second-order valence-corrected chi connectivity index (χ2v) is 12.5. The third-order valence-electron chi connectivity index (χ3n) is 10.6. The van der Waals surface area contributed by atoms with E-state index in [4.69, 9.17) is 0 Å². The zero-order chi connectivity index (χ0) is 23.5. The van der Waals surface area contributed by atoms with Gasteiger partial charge >= 0.3 is 5.97 Å². The third-order valence-corrected chi connectivity index (χ3v) is 10.6. The topological polar surface area (TPSA) is 98.0 Å². The third kappa shape index (κ3) is 3.86. The predicted molar refractivity (Wildman–Crippen MR) is 124 cm³/mol. The number of hydrogen-bond donors (Lipinski definition) is 4.